The van der Waals surface area contributed by atoms with Crippen molar-refractivity contribution >= 4 is 47.6 Å². The van der Waals surface area contributed by atoms with Gasteiger partial charge in [-0.05, 0) is 77.2 Å². The molecule has 17 heteroatoms. The Hall–Kier alpha value is -4.29. The Morgan fingerprint density at radius 1 is 0.968 bits per heavy atom. The van der Waals surface area contributed by atoms with Crippen molar-refractivity contribution in [3.05, 3.63) is 58.5 Å². The molecular formula is C46H69N5O11S. The Labute approximate surface area is 376 Å². The van der Waals surface area contributed by atoms with Crippen LogP contribution in [0.3, 0.4) is 0 Å². The average Bonchev–Trinajstić information content (AvgIpc) is 3.61. The number of amides is 4. The molecule has 2 bridgehead atoms. The maximum atomic E-state index is 14.0. The summed E-state index contributed by atoms with van der Waals surface area (Å²) in [4.78, 5) is 76.5. The van der Waals surface area contributed by atoms with Crippen molar-refractivity contribution in [2.24, 2.45) is 11.8 Å². The van der Waals surface area contributed by atoms with E-state index in [1.807, 2.05) is 38.6 Å². The zero-order valence-corrected chi connectivity index (χ0v) is 39.0. The van der Waals surface area contributed by atoms with Crippen LogP contribution in [-0.2, 0) is 47.7 Å². The van der Waals surface area contributed by atoms with Crippen molar-refractivity contribution in [1.82, 2.24) is 26.6 Å². The minimum absolute atomic E-state index is 0.0241. The van der Waals surface area contributed by atoms with Gasteiger partial charge in [0.2, 0.25) is 17.5 Å². The third-order valence-corrected chi connectivity index (χ3v) is 14.1. The number of carbonyl (C=O) groups is 6. The molecule has 0 aromatic heterocycles. The standard InChI is InChI=1S/C46H69N5O11S/c1-29-22-32(4)42(62-28-52)37(59-8)13-11-12-31(3)43(56)49-35-26-36(53)40(34(41(35)55)25-30(2)24-33(23-29)58-7)48-17-19-61-21-20-60-18-16-47-39(54)15-10-9-14-38-46(6)45(5,27-63-38)50-44(57)51-46/h11-13,22,26,28-30,33,37-38,42,48H,9-10,14-21,23-25,27H2,1-8H3,(H,47,54)(H,49,56)(H2,50,51,57)/b13-11-,31-12+,32-22+/t29-,30-,33+,37-,38?,42-,45?,46?/m0/s1. The molecule has 1 aliphatic carbocycles. The molecule has 0 aromatic carbocycles. The molecule has 3 heterocycles. The van der Waals surface area contributed by atoms with Gasteiger partial charge in [0.15, 0.2) is 6.10 Å². The van der Waals surface area contributed by atoms with Gasteiger partial charge in [-0.3, -0.25) is 24.0 Å². The molecule has 0 saturated carbocycles. The topological polar surface area (TPSA) is 209 Å². The molecule has 8 atom stereocenters. The molecule has 3 aliphatic heterocycles. The number of unbranched alkanes of at least 4 members (excludes halogenated alkanes) is 1. The smallest absolute Gasteiger partial charge is 0.315 e. The number of allylic oxidation sites excluding steroid dienone is 5. The Kier molecular flexibility index (Phi) is 20.1. The first kappa shape index (κ1) is 51.3. The van der Waals surface area contributed by atoms with Crippen LogP contribution in [0.1, 0.15) is 86.5 Å². The summed E-state index contributed by atoms with van der Waals surface area (Å²) in [5.41, 5.74) is 0.858. The second kappa shape index (κ2) is 24.7. The Morgan fingerprint density at radius 2 is 1.70 bits per heavy atom. The van der Waals surface area contributed by atoms with E-state index >= 15 is 0 Å². The number of Topliss-reactive ketones (excluding diaryl/α,β-unsaturated/α-hetero) is 1. The van der Waals surface area contributed by atoms with E-state index in [2.05, 4.69) is 40.4 Å². The van der Waals surface area contributed by atoms with E-state index in [-0.39, 0.29) is 83.1 Å². The molecule has 4 rings (SSSR count). The fourth-order valence-electron chi connectivity index (χ4n) is 8.53. The quantitative estimate of drug-likeness (QED) is 0.0407. The molecule has 4 amide bonds. The highest BCUT2D eigenvalue weighted by Crippen LogP contribution is 2.47. The van der Waals surface area contributed by atoms with E-state index in [4.69, 9.17) is 23.7 Å². The second-order valence-corrected chi connectivity index (χ2v) is 18.5. The van der Waals surface area contributed by atoms with Gasteiger partial charge in [-0.15, -0.1) is 0 Å². The summed E-state index contributed by atoms with van der Waals surface area (Å²) in [7, 11) is 3.15. The lowest BCUT2D eigenvalue weighted by Gasteiger charge is -2.35. The predicted molar refractivity (Wildman–Crippen MR) is 240 cm³/mol. The van der Waals surface area contributed by atoms with Gasteiger partial charge in [0.25, 0.3) is 12.4 Å². The zero-order chi connectivity index (χ0) is 46.2. The molecule has 0 spiro atoms. The molecule has 350 valence electrons. The summed E-state index contributed by atoms with van der Waals surface area (Å²) in [6, 6.07) is -0.111. The normalized spacial score (nSPS) is 31.7. The maximum Gasteiger partial charge on any atom is 0.315 e. The average molecular weight is 900 g/mol. The number of urea groups is 1. The van der Waals surface area contributed by atoms with Crippen molar-refractivity contribution in [3.8, 4) is 0 Å². The number of hydrogen-bond donors (Lipinski definition) is 5. The molecule has 3 unspecified atom stereocenters. The largest absolute Gasteiger partial charge is 0.457 e. The van der Waals surface area contributed by atoms with Crippen LogP contribution < -0.4 is 26.6 Å². The monoisotopic (exact) mass is 899 g/mol. The number of fused-ring (bicyclic) bond motifs is 3. The Morgan fingerprint density at radius 3 is 2.40 bits per heavy atom. The van der Waals surface area contributed by atoms with E-state index in [9.17, 15) is 28.8 Å². The van der Waals surface area contributed by atoms with Crippen molar-refractivity contribution in [2.45, 2.75) is 121 Å². The van der Waals surface area contributed by atoms with Crippen LogP contribution in [-0.4, -0.2) is 130 Å². The molecule has 16 nitrogen and oxygen atoms in total. The SMILES string of the molecule is CO[C@H]1C[C@H](C)CC2=C(NCCOCCOCCNC(=O)CCCCC3SCC4(C)NC(=O)NC34C)C(=O)C=C(NC(=O)/C(C)=C/C=C\[C@H](OC)[C@@H](OC=O)/C(C)=C/[C@H](C)C1)C2=O. The Balaban J connectivity index is 1.25. The second-order valence-electron chi connectivity index (χ2n) is 17.3. The summed E-state index contributed by atoms with van der Waals surface area (Å²) in [5.74, 6) is -0.641. The molecule has 5 N–H and O–H groups in total. The number of carbonyl (C=O) groups excluding carboxylic acids is 6. The molecule has 4 aliphatic rings. The highest BCUT2D eigenvalue weighted by molar-refractivity contribution is 8.00. The van der Waals surface area contributed by atoms with Gasteiger partial charge in [0.05, 0.1) is 55.0 Å². The molecule has 0 aromatic rings. The lowest BCUT2D eigenvalue weighted by molar-refractivity contribution is -0.136. The van der Waals surface area contributed by atoms with Gasteiger partial charge in [0, 0.05) is 62.0 Å². The lowest BCUT2D eigenvalue weighted by Crippen LogP contribution is -2.58. The predicted octanol–water partition coefficient (Wildman–Crippen LogP) is 4.11. The van der Waals surface area contributed by atoms with Gasteiger partial charge in [-0.1, -0.05) is 44.6 Å². The van der Waals surface area contributed by atoms with Crippen LogP contribution in [0.25, 0.3) is 0 Å². The Bertz CT molecular complexity index is 1810. The molecule has 63 heavy (non-hydrogen) atoms. The molecule has 2 fully saturated rings. The highest BCUT2D eigenvalue weighted by atomic mass is 32.2. The minimum Gasteiger partial charge on any atom is -0.457 e. The van der Waals surface area contributed by atoms with Gasteiger partial charge < -0.3 is 50.3 Å². The van der Waals surface area contributed by atoms with E-state index in [0.717, 1.165) is 36.7 Å². The van der Waals surface area contributed by atoms with E-state index in [1.165, 1.54) is 7.11 Å². The number of ether oxygens (including phenoxy) is 5. The van der Waals surface area contributed by atoms with Gasteiger partial charge in [0.1, 0.15) is 6.10 Å². The first-order valence-corrected chi connectivity index (χ1v) is 23.0. The lowest BCUT2D eigenvalue weighted by atomic mass is 9.79. The van der Waals surface area contributed by atoms with Crippen molar-refractivity contribution in [2.75, 3.05) is 59.5 Å². The number of thioether (sulfide) groups is 1. The zero-order valence-electron chi connectivity index (χ0n) is 38.2. The first-order chi connectivity index (χ1) is 30.0. The number of hydrogen-bond acceptors (Lipinski definition) is 13. The number of nitrogens with one attached hydrogen (secondary N) is 5. The van der Waals surface area contributed by atoms with Crippen molar-refractivity contribution in [3.63, 3.8) is 0 Å². The van der Waals surface area contributed by atoms with Gasteiger partial charge in [-0.2, -0.15) is 11.8 Å². The summed E-state index contributed by atoms with van der Waals surface area (Å²) >= 11 is 1.87. The van der Waals surface area contributed by atoms with Crippen LogP contribution in [0.4, 0.5) is 4.79 Å². The number of rotatable bonds is 19. The van der Waals surface area contributed by atoms with Gasteiger partial charge >= 0.3 is 6.03 Å². The number of ketones is 2. The van der Waals surface area contributed by atoms with Crippen LogP contribution in [0.15, 0.2) is 58.5 Å². The maximum absolute atomic E-state index is 14.0. The van der Waals surface area contributed by atoms with Crippen LogP contribution >= 0.6 is 11.8 Å². The fraction of sp³-hybridized carbons (Fsp3) is 0.652. The molecular weight excluding hydrogens is 831 g/mol. The highest BCUT2D eigenvalue weighted by Gasteiger charge is 2.60. The van der Waals surface area contributed by atoms with Gasteiger partial charge in [-0.25, -0.2) is 4.79 Å². The molecule has 2 saturated heterocycles. The number of methoxy groups -OCH3 is 2. The van der Waals surface area contributed by atoms with Crippen LogP contribution in [0, 0.1) is 11.8 Å². The minimum atomic E-state index is -0.695. The van der Waals surface area contributed by atoms with E-state index in [1.54, 1.807) is 32.3 Å². The molecule has 0 radical (unpaired) electrons. The summed E-state index contributed by atoms with van der Waals surface area (Å²) in [5, 5.41) is 15.1. The summed E-state index contributed by atoms with van der Waals surface area (Å²) in [6.07, 6.45) is 11.0. The van der Waals surface area contributed by atoms with Crippen LogP contribution in [0.2, 0.25) is 0 Å². The third-order valence-electron chi connectivity index (χ3n) is 12.3. The van der Waals surface area contributed by atoms with E-state index in [0.29, 0.717) is 57.4 Å². The van der Waals surface area contributed by atoms with Crippen molar-refractivity contribution in [1.29, 1.82) is 0 Å². The third kappa shape index (κ3) is 14.4. The first-order valence-electron chi connectivity index (χ1n) is 22.0. The van der Waals surface area contributed by atoms with Crippen molar-refractivity contribution < 1.29 is 52.5 Å². The van der Waals surface area contributed by atoms with E-state index < -0.39 is 29.7 Å². The summed E-state index contributed by atoms with van der Waals surface area (Å²) < 4.78 is 28.3. The van der Waals surface area contributed by atoms with Crippen LogP contribution in [0.5, 0.6) is 0 Å². The summed E-state index contributed by atoms with van der Waals surface area (Å²) in [6.45, 7) is 13.9. The fourth-order valence-corrected chi connectivity index (χ4v) is 10.4.